The molecule has 20 heavy (non-hydrogen) atoms. The van der Waals surface area contributed by atoms with Crippen LogP contribution in [0.25, 0.3) is 0 Å². The zero-order chi connectivity index (χ0) is 14.1. The number of nitrogens with zero attached hydrogens (tertiary/aromatic N) is 2. The topological polar surface area (TPSA) is 23.6 Å². The number of carbonyl (C=O) groups excluding carboxylic acids is 1. The fraction of sp³-hybridized carbons (Fsp3) is 0.562. The normalized spacial score (nSPS) is 23.5. The molecule has 2 fully saturated rings. The Bertz CT molecular complexity index is 511. The maximum atomic E-state index is 13.3. The summed E-state index contributed by atoms with van der Waals surface area (Å²) in [5, 5.41) is 0. The number of hydrogen-bond acceptors (Lipinski definition) is 2. The van der Waals surface area contributed by atoms with Gasteiger partial charge in [0, 0.05) is 24.7 Å². The highest BCUT2D eigenvalue weighted by atomic mass is 19.1. The van der Waals surface area contributed by atoms with Gasteiger partial charge in [0.2, 0.25) is 0 Å². The summed E-state index contributed by atoms with van der Waals surface area (Å²) in [6.07, 6.45) is 3.62. The van der Waals surface area contributed by atoms with E-state index in [1.165, 1.54) is 32.0 Å². The third-order valence-electron chi connectivity index (χ3n) is 4.51. The molecule has 2 heterocycles. The Balaban J connectivity index is 1.67. The summed E-state index contributed by atoms with van der Waals surface area (Å²) < 4.78 is 13.3. The Labute approximate surface area is 119 Å². The van der Waals surface area contributed by atoms with Crippen LogP contribution in [0.1, 0.15) is 35.2 Å². The smallest absolute Gasteiger partial charge is 0.253 e. The molecule has 1 unspecified atom stereocenters. The van der Waals surface area contributed by atoms with Crippen molar-refractivity contribution in [3.8, 4) is 0 Å². The standard InChI is InChI=1S/C16H21FN2O/c1-12-10-13(4-5-15(12)17)16(20)19-9-6-14(11-19)18-7-2-3-8-18/h4-5,10,14H,2-3,6-9,11H2,1H3. The molecule has 2 aliphatic heterocycles. The minimum Gasteiger partial charge on any atom is -0.337 e. The molecule has 1 aromatic carbocycles. The fourth-order valence-electron chi connectivity index (χ4n) is 3.29. The van der Waals surface area contributed by atoms with E-state index in [0.717, 1.165) is 19.5 Å². The highest BCUT2D eigenvalue weighted by Gasteiger charge is 2.31. The molecule has 0 spiro atoms. The molecule has 1 atom stereocenters. The maximum absolute atomic E-state index is 13.3. The molecule has 2 saturated heterocycles. The molecule has 2 aliphatic rings. The van der Waals surface area contributed by atoms with E-state index in [9.17, 15) is 9.18 Å². The van der Waals surface area contributed by atoms with Crippen LogP contribution in [-0.2, 0) is 0 Å². The summed E-state index contributed by atoms with van der Waals surface area (Å²) >= 11 is 0. The number of halogens is 1. The van der Waals surface area contributed by atoms with Crippen LogP contribution in [0.5, 0.6) is 0 Å². The molecule has 0 saturated carbocycles. The van der Waals surface area contributed by atoms with Crippen LogP contribution < -0.4 is 0 Å². The predicted molar refractivity (Wildman–Crippen MR) is 76.3 cm³/mol. The van der Waals surface area contributed by atoms with E-state index in [4.69, 9.17) is 0 Å². The van der Waals surface area contributed by atoms with E-state index in [2.05, 4.69) is 4.90 Å². The molecule has 0 aromatic heterocycles. The van der Waals surface area contributed by atoms with Gasteiger partial charge in [-0.2, -0.15) is 0 Å². The first-order chi connectivity index (χ1) is 9.65. The number of rotatable bonds is 2. The van der Waals surface area contributed by atoms with Gasteiger partial charge in [-0.05, 0) is 63.0 Å². The predicted octanol–water partition coefficient (Wildman–Crippen LogP) is 2.44. The van der Waals surface area contributed by atoms with Crippen molar-refractivity contribution >= 4 is 5.91 Å². The maximum Gasteiger partial charge on any atom is 0.253 e. The molecule has 108 valence electrons. The first kappa shape index (κ1) is 13.6. The van der Waals surface area contributed by atoms with Gasteiger partial charge in [-0.15, -0.1) is 0 Å². The molecule has 1 aromatic rings. The highest BCUT2D eigenvalue weighted by Crippen LogP contribution is 2.22. The van der Waals surface area contributed by atoms with Gasteiger partial charge < -0.3 is 4.90 Å². The second-order valence-corrected chi connectivity index (χ2v) is 5.90. The molecular weight excluding hydrogens is 255 g/mol. The molecule has 1 amide bonds. The van der Waals surface area contributed by atoms with Crippen LogP contribution in [0.4, 0.5) is 4.39 Å². The van der Waals surface area contributed by atoms with Crippen molar-refractivity contribution in [2.45, 2.75) is 32.2 Å². The molecule has 0 aliphatic carbocycles. The Morgan fingerprint density at radius 2 is 2.00 bits per heavy atom. The van der Waals surface area contributed by atoms with Gasteiger partial charge in [0.05, 0.1) is 0 Å². The lowest BCUT2D eigenvalue weighted by Gasteiger charge is -2.23. The minimum atomic E-state index is -0.252. The van der Waals surface area contributed by atoms with Crippen LogP contribution in [-0.4, -0.2) is 47.9 Å². The SMILES string of the molecule is Cc1cc(C(=O)N2CCC(N3CCCC3)C2)ccc1F. The van der Waals surface area contributed by atoms with E-state index in [1.54, 1.807) is 19.1 Å². The number of amides is 1. The van der Waals surface area contributed by atoms with Gasteiger partial charge in [0.25, 0.3) is 5.91 Å². The van der Waals surface area contributed by atoms with Crippen molar-refractivity contribution in [2.75, 3.05) is 26.2 Å². The summed E-state index contributed by atoms with van der Waals surface area (Å²) in [7, 11) is 0. The summed E-state index contributed by atoms with van der Waals surface area (Å²) in [4.78, 5) is 16.9. The Hall–Kier alpha value is -1.42. The molecule has 3 rings (SSSR count). The largest absolute Gasteiger partial charge is 0.337 e. The Kier molecular flexibility index (Phi) is 3.74. The molecule has 4 heteroatoms. The summed E-state index contributed by atoms with van der Waals surface area (Å²) in [5.41, 5.74) is 1.14. The first-order valence-corrected chi connectivity index (χ1v) is 7.44. The number of aryl methyl sites for hydroxylation is 1. The first-order valence-electron chi connectivity index (χ1n) is 7.44. The average Bonchev–Trinajstić information content (AvgIpc) is 3.11. The van der Waals surface area contributed by atoms with Crippen molar-refractivity contribution in [3.63, 3.8) is 0 Å². The summed E-state index contributed by atoms with van der Waals surface area (Å²) in [6.45, 7) is 5.67. The number of hydrogen-bond donors (Lipinski definition) is 0. The lowest BCUT2D eigenvalue weighted by molar-refractivity contribution is 0.0780. The average molecular weight is 276 g/mol. The van der Waals surface area contributed by atoms with E-state index in [-0.39, 0.29) is 11.7 Å². The zero-order valence-corrected chi connectivity index (χ0v) is 11.9. The number of benzene rings is 1. The molecule has 0 bridgehead atoms. The van der Waals surface area contributed by atoms with Gasteiger partial charge in [-0.3, -0.25) is 9.69 Å². The van der Waals surface area contributed by atoms with Crippen LogP contribution in [0.2, 0.25) is 0 Å². The summed E-state index contributed by atoms with van der Waals surface area (Å²) in [6, 6.07) is 5.15. The molecule has 0 radical (unpaired) electrons. The monoisotopic (exact) mass is 276 g/mol. The van der Waals surface area contributed by atoms with E-state index < -0.39 is 0 Å². The Morgan fingerprint density at radius 3 is 2.70 bits per heavy atom. The lowest BCUT2D eigenvalue weighted by atomic mass is 10.1. The van der Waals surface area contributed by atoms with Crippen LogP contribution in [0, 0.1) is 12.7 Å². The quantitative estimate of drug-likeness (QED) is 0.828. The van der Waals surface area contributed by atoms with Crippen LogP contribution in [0.3, 0.4) is 0 Å². The van der Waals surface area contributed by atoms with E-state index >= 15 is 0 Å². The summed E-state index contributed by atoms with van der Waals surface area (Å²) in [5.74, 6) is -0.215. The molecular formula is C16H21FN2O. The van der Waals surface area contributed by atoms with Crippen molar-refractivity contribution in [1.29, 1.82) is 0 Å². The third kappa shape index (κ3) is 2.57. The minimum absolute atomic E-state index is 0.0368. The van der Waals surface area contributed by atoms with Crippen molar-refractivity contribution in [3.05, 3.63) is 35.1 Å². The van der Waals surface area contributed by atoms with Crippen molar-refractivity contribution < 1.29 is 9.18 Å². The van der Waals surface area contributed by atoms with Crippen LogP contribution in [0.15, 0.2) is 18.2 Å². The van der Waals surface area contributed by atoms with Gasteiger partial charge >= 0.3 is 0 Å². The highest BCUT2D eigenvalue weighted by molar-refractivity contribution is 5.94. The van der Waals surface area contributed by atoms with E-state index in [1.807, 2.05) is 4.90 Å². The van der Waals surface area contributed by atoms with Gasteiger partial charge in [0.15, 0.2) is 0 Å². The second-order valence-electron chi connectivity index (χ2n) is 5.90. The van der Waals surface area contributed by atoms with Gasteiger partial charge in [-0.1, -0.05) is 0 Å². The van der Waals surface area contributed by atoms with Crippen LogP contribution >= 0.6 is 0 Å². The second kappa shape index (κ2) is 5.52. The van der Waals surface area contributed by atoms with Gasteiger partial charge in [0.1, 0.15) is 5.82 Å². The van der Waals surface area contributed by atoms with Crippen molar-refractivity contribution in [1.82, 2.24) is 9.80 Å². The lowest BCUT2D eigenvalue weighted by Crippen LogP contribution is -2.37. The zero-order valence-electron chi connectivity index (χ0n) is 11.9. The molecule has 3 nitrogen and oxygen atoms in total. The van der Waals surface area contributed by atoms with Crippen molar-refractivity contribution in [2.24, 2.45) is 0 Å². The van der Waals surface area contributed by atoms with E-state index in [0.29, 0.717) is 17.2 Å². The number of likely N-dealkylation sites (tertiary alicyclic amines) is 2. The Morgan fingerprint density at radius 1 is 1.25 bits per heavy atom. The molecule has 0 N–H and O–H groups in total. The van der Waals surface area contributed by atoms with Gasteiger partial charge in [-0.25, -0.2) is 4.39 Å². The fourth-order valence-corrected chi connectivity index (χ4v) is 3.29. The number of carbonyl (C=O) groups is 1. The third-order valence-corrected chi connectivity index (χ3v) is 4.51.